The van der Waals surface area contributed by atoms with Gasteiger partial charge in [0.05, 0.1) is 23.2 Å². The minimum Gasteiger partial charge on any atom is -0.478 e. The van der Waals surface area contributed by atoms with Crippen LogP contribution in [0.5, 0.6) is 0 Å². The van der Waals surface area contributed by atoms with Crippen molar-refractivity contribution >= 4 is 33.6 Å². The highest BCUT2D eigenvalue weighted by molar-refractivity contribution is 5.94. The molecule has 7 nitrogen and oxygen atoms in total. The molecular formula is C26H20N2O5. The van der Waals surface area contributed by atoms with E-state index in [1.165, 1.54) is 6.07 Å². The Labute approximate surface area is 188 Å². The van der Waals surface area contributed by atoms with Crippen molar-refractivity contribution in [1.82, 2.24) is 4.98 Å². The van der Waals surface area contributed by atoms with Gasteiger partial charge in [-0.15, -0.1) is 0 Å². The number of carboxylic acids is 1. The number of aromatic carboxylic acids is 1. The van der Waals surface area contributed by atoms with Crippen LogP contribution in [0.1, 0.15) is 34.5 Å². The number of carboxylic acid groups (broad SMARTS) is 1. The first-order chi connectivity index (χ1) is 15.9. The second-order valence-corrected chi connectivity index (χ2v) is 7.95. The van der Waals surface area contributed by atoms with E-state index < -0.39 is 5.97 Å². The molecule has 0 fully saturated rings. The van der Waals surface area contributed by atoms with Crippen LogP contribution in [0.3, 0.4) is 0 Å². The van der Waals surface area contributed by atoms with Gasteiger partial charge in [0, 0.05) is 28.9 Å². The fourth-order valence-electron chi connectivity index (χ4n) is 3.99. The van der Waals surface area contributed by atoms with Gasteiger partial charge in [0.25, 0.3) is 0 Å². The van der Waals surface area contributed by atoms with Crippen LogP contribution in [0.2, 0.25) is 0 Å². The average Bonchev–Trinajstić information content (AvgIpc) is 3.23. The van der Waals surface area contributed by atoms with E-state index in [0.29, 0.717) is 33.8 Å². The van der Waals surface area contributed by atoms with Gasteiger partial charge in [0.1, 0.15) is 5.58 Å². The number of nitrogens with zero attached hydrogens (tertiary/aromatic N) is 1. The first-order valence-electron chi connectivity index (χ1n) is 10.4. The number of nitrogens with one attached hydrogen (secondary N) is 1. The summed E-state index contributed by atoms with van der Waals surface area (Å²) in [6.45, 7) is 3.80. The summed E-state index contributed by atoms with van der Waals surface area (Å²) >= 11 is 0. The van der Waals surface area contributed by atoms with Crippen molar-refractivity contribution < 1.29 is 18.7 Å². The minimum absolute atomic E-state index is 0.166. The maximum absolute atomic E-state index is 13.0. The Bertz CT molecular complexity index is 1550. The fourth-order valence-corrected chi connectivity index (χ4v) is 3.99. The number of carbonyl (C=O) groups is 1. The van der Waals surface area contributed by atoms with E-state index in [1.54, 1.807) is 48.8 Å². The molecule has 0 amide bonds. The minimum atomic E-state index is -1.02. The normalized spacial score (nSPS) is 12.2. The molecule has 5 aromatic rings. The number of rotatable bonds is 5. The molecule has 0 saturated heterocycles. The summed E-state index contributed by atoms with van der Waals surface area (Å²) in [5, 5.41) is 14.1. The van der Waals surface area contributed by atoms with Crippen LogP contribution in [0, 0.1) is 6.92 Å². The van der Waals surface area contributed by atoms with Crippen LogP contribution < -0.4 is 10.7 Å². The molecule has 0 radical (unpaired) electrons. The van der Waals surface area contributed by atoms with Crippen molar-refractivity contribution in [3.63, 3.8) is 0 Å². The highest BCUT2D eigenvalue weighted by Crippen LogP contribution is 2.33. The van der Waals surface area contributed by atoms with E-state index in [-0.39, 0.29) is 17.0 Å². The first kappa shape index (κ1) is 20.5. The first-order valence-corrected chi connectivity index (χ1v) is 10.4. The van der Waals surface area contributed by atoms with Gasteiger partial charge in [-0.05, 0) is 49.7 Å². The Morgan fingerprint density at radius 2 is 1.85 bits per heavy atom. The van der Waals surface area contributed by atoms with Crippen molar-refractivity contribution in [3.05, 3.63) is 93.9 Å². The number of aromatic nitrogens is 1. The van der Waals surface area contributed by atoms with Crippen LogP contribution in [-0.2, 0) is 0 Å². The standard InChI is InChI=1S/C26H20N2O5/c1-14-9-18(15(2)28-20-6-4-3-5-17(20)26(30)31)25-19(10-14)21(29)12-23(33-25)22-11-16-7-8-27-13-24(16)32-22/h3-13,15,28H,1-2H3,(H,30,31). The van der Waals surface area contributed by atoms with Crippen molar-refractivity contribution in [3.8, 4) is 11.5 Å². The molecule has 164 valence electrons. The van der Waals surface area contributed by atoms with E-state index in [0.717, 1.165) is 16.5 Å². The maximum atomic E-state index is 13.0. The molecule has 2 aromatic carbocycles. The Morgan fingerprint density at radius 3 is 2.64 bits per heavy atom. The molecule has 0 bridgehead atoms. The molecular weight excluding hydrogens is 420 g/mol. The third-order valence-corrected chi connectivity index (χ3v) is 5.56. The van der Waals surface area contributed by atoms with E-state index >= 15 is 0 Å². The second-order valence-electron chi connectivity index (χ2n) is 7.95. The molecule has 0 saturated carbocycles. The lowest BCUT2D eigenvalue weighted by Crippen LogP contribution is -2.12. The van der Waals surface area contributed by atoms with E-state index in [2.05, 4.69) is 10.3 Å². The van der Waals surface area contributed by atoms with Gasteiger partial charge in [0.2, 0.25) is 0 Å². The largest absolute Gasteiger partial charge is 0.478 e. The summed E-state index contributed by atoms with van der Waals surface area (Å²) in [4.78, 5) is 28.7. The Hall–Kier alpha value is -4.39. The molecule has 2 N–H and O–H groups in total. The number of pyridine rings is 1. The molecule has 5 rings (SSSR count). The second kappa shape index (κ2) is 7.94. The van der Waals surface area contributed by atoms with Crippen LogP contribution in [0.15, 0.2) is 80.6 Å². The maximum Gasteiger partial charge on any atom is 0.337 e. The molecule has 1 unspecified atom stereocenters. The van der Waals surface area contributed by atoms with Gasteiger partial charge in [-0.2, -0.15) is 0 Å². The van der Waals surface area contributed by atoms with Gasteiger partial charge in [-0.1, -0.05) is 18.2 Å². The zero-order valence-electron chi connectivity index (χ0n) is 18.0. The quantitative estimate of drug-likeness (QED) is 0.357. The third-order valence-electron chi connectivity index (χ3n) is 5.56. The molecule has 0 aliphatic heterocycles. The predicted octanol–water partition coefficient (Wildman–Crippen LogP) is 5.78. The summed E-state index contributed by atoms with van der Waals surface area (Å²) in [6.07, 6.45) is 3.28. The van der Waals surface area contributed by atoms with E-state index in [1.807, 2.05) is 26.0 Å². The van der Waals surface area contributed by atoms with Crippen LogP contribution in [0.25, 0.3) is 33.5 Å². The number of anilines is 1. The van der Waals surface area contributed by atoms with Gasteiger partial charge in [-0.3, -0.25) is 9.78 Å². The Kier molecular flexibility index (Phi) is 4.94. The third kappa shape index (κ3) is 3.74. The smallest absolute Gasteiger partial charge is 0.337 e. The molecule has 33 heavy (non-hydrogen) atoms. The highest BCUT2D eigenvalue weighted by atomic mass is 16.4. The van der Waals surface area contributed by atoms with Gasteiger partial charge in [-0.25, -0.2) is 4.79 Å². The van der Waals surface area contributed by atoms with Crippen molar-refractivity contribution in [2.24, 2.45) is 0 Å². The predicted molar refractivity (Wildman–Crippen MR) is 126 cm³/mol. The molecule has 3 aromatic heterocycles. The number of hydrogen-bond acceptors (Lipinski definition) is 6. The zero-order valence-corrected chi connectivity index (χ0v) is 18.0. The lowest BCUT2D eigenvalue weighted by molar-refractivity contribution is 0.0698. The van der Waals surface area contributed by atoms with Crippen molar-refractivity contribution in [2.75, 3.05) is 5.32 Å². The number of fused-ring (bicyclic) bond motifs is 2. The Morgan fingerprint density at radius 1 is 1.06 bits per heavy atom. The molecule has 0 aliphatic rings. The summed E-state index contributed by atoms with van der Waals surface area (Å²) in [6, 6.07) is 15.1. The molecule has 3 heterocycles. The molecule has 7 heteroatoms. The lowest BCUT2D eigenvalue weighted by atomic mass is 10.0. The summed E-state index contributed by atoms with van der Waals surface area (Å²) in [5.41, 5.74) is 3.12. The van der Waals surface area contributed by atoms with Crippen molar-refractivity contribution in [2.45, 2.75) is 19.9 Å². The van der Waals surface area contributed by atoms with Gasteiger partial charge >= 0.3 is 5.97 Å². The van der Waals surface area contributed by atoms with E-state index in [4.69, 9.17) is 8.83 Å². The van der Waals surface area contributed by atoms with Crippen molar-refractivity contribution in [1.29, 1.82) is 0 Å². The van der Waals surface area contributed by atoms with Gasteiger partial charge < -0.3 is 19.3 Å². The number of benzene rings is 2. The van der Waals surface area contributed by atoms with Gasteiger partial charge in [0.15, 0.2) is 22.5 Å². The number of para-hydroxylation sites is 1. The topological polar surface area (TPSA) is 106 Å². The van der Waals surface area contributed by atoms with E-state index in [9.17, 15) is 14.7 Å². The fraction of sp³-hybridized carbons (Fsp3) is 0.115. The Balaban J connectivity index is 1.64. The summed E-state index contributed by atoms with van der Waals surface area (Å²) < 4.78 is 12.1. The zero-order chi connectivity index (χ0) is 23.1. The number of hydrogen-bond donors (Lipinski definition) is 2. The molecule has 0 aliphatic carbocycles. The molecule has 0 spiro atoms. The van der Waals surface area contributed by atoms with Crippen LogP contribution >= 0.6 is 0 Å². The lowest BCUT2D eigenvalue weighted by Gasteiger charge is -2.19. The summed E-state index contributed by atoms with van der Waals surface area (Å²) in [5.74, 6) is -0.278. The average molecular weight is 440 g/mol. The SMILES string of the molecule is Cc1cc(C(C)Nc2ccccc2C(=O)O)c2oc(-c3cc4ccncc4o3)cc(=O)c2c1. The monoisotopic (exact) mass is 440 g/mol. The summed E-state index contributed by atoms with van der Waals surface area (Å²) in [7, 11) is 0. The van der Waals surface area contributed by atoms with Crippen LogP contribution in [-0.4, -0.2) is 16.1 Å². The number of furan rings is 1. The highest BCUT2D eigenvalue weighted by Gasteiger charge is 2.19. The van der Waals surface area contributed by atoms with Crippen LogP contribution in [0.4, 0.5) is 5.69 Å². The molecule has 1 atom stereocenters. The number of aryl methyl sites for hydroxylation is 1.